The Balaban J connectivity index is 1.90. The van der Waals surface area contributed by atoms with Gasteiger partial charge in [0.1, 0.15) is 6.61 Å². The lowest BCUT2D eigenvalue weighted by molar-refractivity contribution is -0.120. The van der Waals surface area contributed by atoms with Crippen LogP contribution in [-0.4, -0.2) is 32.3 Å². The van der Waals surface area contributed by atoms with Crippen LogP contribution in [0, 0.1) is 0 Å². The van der Waals surface area contributed by atoms with Crippen LogP contribution in [0.4, 0.5) is 5.69 Å². The molecule has 2 aromatic carbocycles. The molecule has 5 nitrogen and oxygen atoms in total. The van der Waals surface area contributed by atoms with Gasteiger partial charge in [-0.15, -0.1) is 0 Å². The van der Waals surface area contributed by atoms with Crippen LogP contribution in [-0.2, 0) is 9.53 Å². The number of ether oxygens (including phenoxy) is 2. The minimum absolute atomic E-state index is 0.0973. The van der Waals surface area contributed by atoms with Crippen LogP contribution in [0.3, 0.4) is 0 Å². The maximum atomic E-state index is 12.3. The van der Waals surface area contributed by atoms with Gasteiger partial charge in [-0.1, -0.05) is 41.4 Å². The van der Waals surface area contributed by atoms with Crippen molar-refractivity contribution in [1.29, 1.82) is 0 Å². The molecule has 0 aliphatic heterocycles. The van der Waals surface area contributed by atoms with Gasteiger partial charge in [0.2, 0.25) is 5.91 Å². The first-order valence-electron chi connectivity index (χ1n) is 8.79. The van der Waals surface area contributed by atoms with Gasteiger partial charge in [0.15, 0.2) is 5.75 Å². The van der Waals surface area contributed by atoms with Crippen molar-refractivity contribution < 1.29 is 14.3 Å². The first kappa shape index (κ1) is 21.4. The Morgan fingerprint density at radius 2 is 1.85 bits per heavy atom. The summed E-state index contributed by atoms with van der Waals surface area (Å²) in [7, 11) is 0. The highest BCUT2D eigenvalue weighted by molar-refractivity contribution is 6.32. The third-order valence-corrected chi connectivity index (χ3v) is 4.38. The lowest BCUT2D eigenvalue weighted by Gasteiger charge is -2.17. The number of anilines is 1. The third-order valence-electron chi connectivity index (χ3n) is 3.83. The molecule has 0 fully saturated rings. The van der Waals surface area contributed by atoms with Gasteiger partial charge < -0.3 is 20.1 Å². The topological polar surface area (TPSA) is 59.6 Å². The van der Waals surface area contributed by atoms with Gasteiger partial charge in [-0.05, 0) is 43.7 Å². The van der Waals surface area contributed by atoms with E-state index in [1.54, 1.807) is 24.3 Å². The first-order chi connectivity index (χ1) is 13.0. The summed E-state index contributed by atoms with van der Waals surface area (Å²) >= 11 is 12.1. The van der Waals surface area contributed by atoms with Gasteiger partial charge in [0.05, 0.1) is 29.9 Å². The Hall–Kier alpha value is -1.95. The summed E-state index contributed by atoms with van der Waals surface area (Å²) in [6.45, 7) is 5.42. The molecular weight excluding hydrogens is 387 g/mol. The van der Waals surface area contributed by atoms with Gasteiger partial charge in [-0.25, -0.2) is 0 Å². The number of carbonyl (C=O) groups is 1. The lowest BCUT2D eigenvalue weighted by atomic mass is 10.1. The van der Waals surface area contributed by atoms with E-state index in [1.165, 1.54) is 0 Å². The zero-order valence-corrected chi connectivity index (χ0v) is 16.9. The predicted octanol–water partition coefficient (Wildman–Crippen LogP) is 4.70. The van der Waals surface area contributed by atoms with Crippen molar-refractivity contribution in [2.24, 2.45) is 0 Å². The summed E-state index contributed by atoms with van der Waals surface area (Å²) in [6, 6.07) is 12.6. The van der Waals surface area contributed by atoms with Crippen LogP contribution < -0.4 is 15.4 Å². The second-order valence-corrected chi connectivity index (χ2v) is 6.70. The number of para-hydroxylation sites is 1. The molecule has 1 atom stereocenters. The molecule has 0 saturated heterocycles. The normalized spacial score (nSPS) is 11.7. The molecule has 0 radical (unpaired) electrons. The maximum absolute atomic E-state index is 12.3. The Labute approximate surface area is 170 Å². The number of nitrogens with one attached hydrogen (secondary N) is 2. The summed E-state index contributed by atoms with van der Waals surface area (Å²) in [5, 5.41) is 7.16. The van der Waals surface area contributed by atoms with E-state index < -0.39 is 0 Å². The number of hydrogen-bond acceptors (Lipinski definition) is 4. The highest BCUT2D eigenvalue weighted by Gasteiger charge is 2.12. The highest BCUT2D eigenvalue weighted by Crippen LogP contribution is 2.32. The molecule has 27 heavy (non-hydrogen) atoms. The summed E-state index contributed by atoms with van der Waals surface area (Å²) < 4.78 is 11.0. The molecule has 2 aromatic rings. The van der Waals surface area contributed by atoms with Gasteiger partial charge in [0.25, 0.3) is 0 Å². The number of amides is 1. The van der Waals surface area contributed by atoms with Gasteiger partial charge >= 0.3 is 0 Å². The van der Waals surface area contributed by atoms with Crippen LogP contribution in [0.1, 0.15) is 25.5 Å². The number of rotatable bonds is 10. The molecule has 0 aliphatic rings. The van der Waals surface area contributed by atoms with E-state index in [0.717, 1.165) is 5.56 Å². The number of hydrogen-bond donors (Lipinski definition) is 2. The third kappa shape index (κ3) is 6.94. The van der Waals surface area contributed by atoms with Crippen molar-refractivity contribution in [3.8, 4) is 5.75 Å². The van der Waals surface area contributed by atoms with E-state index in [4.69, 9.17) is 32.7 Å². The highest BCUT2D eigenvalue weighted by atomic mass is 35.5. The lowest BCUT2D eigenvalue weighted by Crippen LogP contribution is -2.32. The largest absolute Gasteiger partial charge is 0.487 e. The quantitative estimate of drug-likeness (QED) is 0.557. The second kappa shape index (κ2) is 11.0. The van der Waals surface area contributed by atoms with E-state index in [9.17, 15) is 4.79 Å². The van der Waals surface area contributed by atoms with Crippen LogP contribution in [0.25, 0.3) is 0 Å². The van der Waals surface area contributed by atoms with E-state index in [0.29, 0.717) is 41.3 Å². The standard InChI is InChI=1S/C20H24Cl2N2O3/c1-3-26-11-12-27-20-17(22)5-4-6-18(20)23-13-19(25)24-14(2)15-7-9-16(21)10-8-15/h4-10,14,23H,3,11-13H2,1-2H3,(H,24,25). The molecule has 0 heterocycles. The molecule has 0 bridgehead atoms. The Morgan fingerprint density at radius 1 is 1.11 bits per heavy atom. The minimum Gasteiger partial charge on any atom is -0.487 e. The summed E-state index contributed by atoms with van der Waals surface area (Å²) in [5.74, 6) is 0.370. The smallest absolute Gasteiger partial charge is 0.239 e. The predicted molar refractivity (Wildman–Crippen MR) is 110 cm³/mol. The number of halogens is 2. The Kier molecular flexibility index (Phi) is 8.72. The van der Waals surface area contributed by atoms with E-state index in [-0.39, 0.29) is 18.5 Å². The Bertz CT molecular complexity index is 739. The van der Waals surface area contributed by atoms with Gasteiger partial charge in [-0.3, -0.25) is 4.79 Å². The van der Waals surface area contributed by atoms with Gasteiger partial charge in [0, 0.05) is 11.6 Å². The maximum Gasteiger partial charge on any atom is 0.239 e. The average molecular weight is 411 g/mol. The van der Waals surface area contributed by atoms with E-state index in [2.05, 4.69) is 10.6 Å². The molecule has 0 aliphatic carbocycles. The van der Waals surface area contributed by atoms with Gasteiger partial charge in [-0.2, -0.15) is 0 Å². The zero-order chi connectivity index (χ0) is 19.6. The molecule has 0 aromatic heterocycles. The SMILES string of the molecule is CCOCCOc1c(Cl)cccc1NCC(=O)NC(C)c1ccc(Cl)cc1. The summed E-state index contributed by atoms with van der Waals surface area (Å²) in [4.78, 5) is 12.3. The molecule has 0 saturated carbocycles. The second-order valence-electron chi connectivity index (χ2n) is 5.86. The monoisotopic (exact) mass is 410 g/mol. The number of carbonyl (C=O) groups excluding carboxylic acids is 1. The molecule has 0 spiro atoms. The van der Waals surface area contributed by atoms with Crippen molar-refractivity contribution in [1.82, 2.24) is 5.32 Å². The summed E-state index contributed by atoms with van der Waals surface area (Å²) in [6.07, 6.45) is 0. The van der Waals surface area contributed by atoms with Crippen LogP contribution >= 0.6 is 23.2 Å². The fourth-order valence-corrected chi connectivity index (χ4v) is 2.80. The van der Waals surface area contributed by atoms with E-state index >= 15 is 0 Å². The van der Waals surface area contributed by atoms with Crippen molar-refractivity contribution in [2.45, 2.75) is 19.9 Å². The molecule has 7 heteroatoms. The molecule has 1 unspecified atom stereocenters. The fraction of sp³-hybridized carbons (Fsp3) is 0.350. The van der Waals surface area contributed by atoms with Crippen molar-refractivity contribution in [3.05, 3.63) is 58.1 Å². The zero-order valence-electron chi connectivity index (χ0n) is 15.4. The Morgan fingerprint density at radius 3 is 2.56 bits per heavy atom. The van der Waals surface area contributed by atoms with Crippen molar-refractivity contribution in [2.75, 3.05) is 31.7 Å². The van der Waals surface area contributed by atoms with Crippen LogP contribution in [0.15, 0.2) is 42.5 Å². The van der Waals surface area contributed by atoms with Crippen LogP contribution in [0.5, 0.6) is 5.75 Å². The molecular formula is C20H24Cl2N2O3. The average Bonchev–Trinajstić information content (AvgIpc) is 2.65. The first-order valence-corrected chi connectivity index (χ1v) is 9.54. The molecule has 146 valence electrons. The van der Waals surface area contributed by atoms with Crippen molar-refractivity contribution in [3.63, 3.8) is 0 Å². The molecule has 2 N–H and O–H groups in total. The molecule has 2 rings (SSSR count). The van der Waals surface area contributed by atoms with E-state index in [1.807, 2.05) is 32.0 Å². The molecule has 1 amide bonds. The van der Waals surface area contributed by atoms with Crippen LogP contribution in [0.2, 0.25) is 10.0 Å². The minimum atomic E-state index is -0.141. The fourth-order valence-electron chi connectivity index (χ4n) is 2.44. The summed E-state index contributed by atoms with van der Waals surface area (Å²) in [5.41, 5.74) is 1.64. The number of benzene rings is 2. The van der Waals surface area contributed by atoms with Crippen molar-refractivity contribution >= 4 is 34.8 Å².